The van der Waals surface area contributed by atoms with Gasteiger partial charge < -0.3 is 0 Å². The van der Waals surface area contributed by atoms with Crippen LogP contribution < -0.4 is 5.32 Å². The molecule has 2 rings (SSSR count). The average molecular weight is 282 g/mol. The number of anilines is 1. The molecule has 1 amide bonds. The van der Waals surface area contributed by atoms with Gasteiger partial charge in [-0.15, -0.1) is 0 Å². The number of rotatable bonds is 2. The molecule has 0 unspecified atom stereocenters. The predicted molar refractivity (Wildman–Crippen MR) is 60.9 cm³/mol. The van der Waals surface area contributed by atoms with Crippen molar-refractivity contribution in [2.45, 2.75) is 0 Å². The maximum Gasteiger partial charge on any atom is 0.259 e. The summed E-state index contributed by atoms with van der Waals surface area (Å²) in [6.45, 7) is 0. The Kier molecular flexibility index (Phi) is 2.95. The quantitative estimate of drug-likeness (QED) is 0.899. The smallest absolute Gasteiger partial charge is 0.259 e. The van der Waals surface area contributed by atoms with Crippen molar-refractivity contribution in [2.24, 2.45) is 7.05 Å². The van der Waals surface area contributed by atoms with E-state index in [4.69, 9.17) is 0 Å². The molecule has 82 valence electrons. The van der Waals surface area contributed by atoms with Crippen molar-refractivity contribution in [2.75, 3.05) is 5.32 Å². The van der Waals surface area contributed by atoms with Crippen LogP contribution in [0, 0.1) is 0 Å². The van der Waals surface area contributed by atoms with E-state index < -0.39 is 0 Å². The first-order valence-electron chi connectivity index (χ1n) is 4.43. The van der Waals surface area contributed by atoms with Gasteiger partial charge >= 0.3 is 0 Å². The molecule has 6 nitrogen and oxygen atoms in total. The first-order valence-corrected chi connectivity index (χ1v) is 5.22. The van der Waals surface area contributed by atoms with Gasteiger partial charge in [0.15, 0.2) is 0 Å². The highest BCUT2D eigenvalue weighted by atomic mass is 79.9. The lowest BCUT2D eigenvalue weighted by molar-refractivity contribution is 0.102. The molecule has 0 spiro atoms. The van der Waals surface area contributed by atoms with Gasteiger partial charge in [-0.25, -0.2) is 4.68 Å². The molecule has 2 aromatic heterocycles. The number of aryl methyl sites for hydroxylation is 1. The van der Waals surface area contributed by atoms with Crippen LogP contribution in [-0.2, 0) is 7.05 Å². The molecule has 0 radical (unpaired) electrons. The Morgan fingerprint density at radius 1 is 1.50 bits per heavy atom. The Bertz CT molecular complexity index is 524. The summed E-state index contributed by atoms with van der Waals surface area (Å²) >= 11 is 3.25. The molecule has 7 heteroatoms. The van der Waals surface area contributed by atoms with Crippen molar-refractivity contribution in [3.63, 3.8) is 0 Å². The lowest BCUT2D eigenvalue weighted by Crippen LogP contribution is -2.15. The number of hydrogen-bond donors (Lipinski definition) is 1. The first kappa shape index (κ1) is 10.7. The van der Waals surface area contributed by atoms with Crippen LogP contribution in [0.25, 0.3) is 0 Å². The zero-order chi connectivity index (χ0) is 11.5. The summed E-state index contributed by atoms with van der Waals surface area (Å²) in [6, 6.07) is 1.68. The lowest BCUT2D eigenvalue weighted by atomic mass is 10.3. The fourth-order valence-corrected chi connectivity index (χ4v) is 1.48. The summed E-state index contributed by atoms with van der Waals surface area (Å²) in [4.78, 5) is 19.6. The van der Waals surface area contributed by atoms with Crippen molar-refractivity contribution < 1.29 is 4.79 Å². The topological polar surface area (TPSA) is 72.7 Å². The third-order valence-electron chi connectivity index (χ3n) is 1.90. The van der Waals surface area contributed by atoms with Gasteiger partial charge in [0.25, 0.3) is 5.91 Å². The summed E-state index contributed by atoms with van der Waals surface area (Å²) in [6.07, 6.45) is 4.46. The highest BCUT2D eigenvalue weighted by Crippen LogP contribution is 2.10. The van der Waals surface area contributed by atoms with Crippen LogP contribution in [0.15, 0.2) is 29.3 Å². The van der Waals surface area contributed by atoms with E-state index in [1.165, 1.54) is 17.2 Å². The Hall–Kier alpha value is -1.76. The number of nitrogens with zero attached hydrogens (tertiary/aromatic N) is 4. The van der Waals surface area contributed by atoms with Crippen LogP contribution in [0.1, 0.15) is 10.4 Å². The zero-order valence-electron chi connectivity index (χ0n) is 8.38. The molecule has 0 bridgehead atoms. The molecule has 16 heavy (non-hydrogen) atoms. The van der Waals surface area contributed by atoms with Crippen molar-refractivity contribution in [3.05, 3.63) is 34.8 Å². The SMILES string of the molecule is Cn1ncnc1NC(=O)c1cncc(Br)c1. The van der Waals surface area contributed by atoms with Crippen molar-refractivity contribution >= 4 is 27.8 Å². The largest absolute Gasteiger partial charge is 0.291 e. The molecule has 0 saturated carbocycles. The van der Waals surface area contributed by atoms with E-state index >= 15 is 0 Å². The number of halogens is 1. The summed E-state index contributed by atoms with van der Waals surface area (Å²) in [7, 11) is 1.70. The highest BCUT2D eigenvalue weighted by Gasteiger charge is 2.09. The number of hydrogen-bond acceptors (Lipinski definition) is 4. The number of carbonyl (C=O) groups excluding carboxylic acids is 1. The van der Waals surface area contributed by atoms with Gasteiger partial charge in [-0.2, -0.15) is 10.1 Å². The fourth-order valence-electron chi connectivity index (χ4n) is 1.12. The minimum absolute atomic E-state index is 0.273. The zero-order valence-corrected chi connectivity index (χ0v) is 9.97. The van der Waals surface area contributed by atoms with E-state index in [2.05, 4.69) is 36.3 Å². The van der Waals surface area contributed by atoms with E-state index in [9.17, 15) is 4.79 Å². The summed E-state index contributed by atoms with van der Waals surface area (Å²) in [5.74, 6) is 0.120. The maximum absolute atomic E-state index is 11.8. The molecule has 2 heterocycles. The van der Waals surface area contributed by atoms with Crippen LogP contribution in [0.4, 0.5) is 5.95 Å². The Balaban J connectivity index is 2.18. The minimum Gasteiger partial charge on any atom is -0.291 e. The summed E-state index contributed by atoms with van der Waals surface area (Å²) in [5.41, 5.74) is 0.456. The third kappa shape index (κ3) is 2.25. The molecule has 0 atom stereocenters. The molecule has 0 aliphatic carbocycles. The number of nitrogens with one attached hydrogen (secondary N) is 1. The van der Waals surface area contributed by atoms with Crippen molar-refractivity contribution in [1.82, 2.24) is 19.7 Å². The molecule has 0 saturated heterocycles. The monoisotopic (exact) mass is 281 g/mol. The first-order chi connectivity index (χ1) is 7.66. The third-order valence-corrected chi connectivity index (χ3v) is 2.34. The second-order valence-corrected chi connectivity index (χ2v) is 3.97. The van der Waals surface area contributed by atoms with Gasteiger partial charge in [-0.3, -0.25) is 15.1 Å². The van der Waals surface area contributed by atoms with Gasteiger partial charge in [0.05, 0.1) is 5.56 Å². The highest BCUT2D eigenvalue weighted by molar-refractivity contribution is 9.10. The normalized spacial score (nSPS) is 10.1. The summed E-state index contributed by atoms with van der Waals surface area (Å²) < 4.78 is 2.22. The maximum atomic E-state index is 11.8. The van der Waals surface area contributed by atoms with E-state index in [1.54, 1.807) is 19.3 Å². The van der Waals surface area contributed by atoms with Crippen LogP contribution in [0.3, 0.4) is 0 Å². The molecular formula is C9H8BrN5O. The Morgan fingerprint density at radius 2 is 2.31 bits per heavy atom. The van der Waals surface area contributed by atoms with Gasteiger partial charge in [-0.05, 0) is 22.0 Å². The van der Waals surface area contributed by atoms with E-state index in [0.717, 1.165) is 4.47 Å². The summed E-state index contributed by atoms with van der Waals surface area (Å²) in [5, 5.41) is 6.47. The van der Waals surface area contributed by atoms with Gasteiger partial charge in [0.1, 0.15) is 6.33 Å². The second-order valence-electron chi connectivity index (χ2n) is 3.05. The van der Waals surface area contributed by atoms with E-state index in [1.807, 2.05) is 0 Å². The van der Waals surface area contributed by atoms with Gasteiger partial charge in [0.2, 0.25) is 5.95 Å². The molecule has 0 aliphatic heterocycles. The molecular weight excluding hydrogens is 274 g/mol. The fraction of sp³-hybridized carbons (Fsp3) is 0.111. The van der Waals surface area contributed by atoms with E-state index in [-0.39, 0.29) is 5.91 Å². The number of pyridine rings is 1. The van der Waals surface area contributed by atoms with Crippen LogP contribution in [0.5, 0.6) is 0 Å². The number of carbonyl (C=O) groups is 1. The number of aromatic nitrogens is 4. The lowest BCUT2D eigenvalue weighted by Gasteiger charge is -2.03. The standard InChI is InChI=1S/C9H8BrN5O/c1-15-9(12-5-13-15)14-8(16)6-2-7(10)4-11-3-6/h2-5H,1H3,(H,12,13,14,16). The molecule has 0 aromatic carbocycles. The van der Waals surface area contributed by atoms with Crippen LogP contribution in [0.2, 0.25) is 0 Å². The average Bonchev–Trinajstić information content (AvgIpc) is 2.64. The minimum atomic E-state index is -0.273. The molecule has 0 fully saturated rings. The second kappa shape index (κ2) is 4.40. The van der Waals surface area contributed by atoms with E-state index in [0.29, 0.717) is 11.5 Å². The van der Waals surface area contributed by atoms with Crippen molar-refractivity contribution in [1.29, 1.82) is 0 Å². The van der Waals surface area contributed by atoms with Crippen LogP contribution >= 0.6 is 15.9 Å². The van der Waals surface area contributed by atoms with Gasteiger partial charge in [-0.1, -0.05) is 0 Å². The molecule has 2 aromatic rings. The predicted octanol–water partition coefficient (Wildman–Crippen LogP) is 1.22. The molecule has 1 N–H and O–H groups in total. The number of amides is 1. The molecule has 0 aliphatic rings. The Labute approximate surface area is 99.8 Å². The van der Waals surface area contributed by atoms with Crippen molar-refractivity contribution in [3.8, 4) is 0 Å². The Morgan fingerprint density at radius 3 is 2.94 bits per heavy atom. The van der Waals surface area contributed by atoms with Gasteiger partial charge in [0, 0.05) is 23.9 Å². The van der Waals surface area contributed by atoms with Crippen LogP contribution in [-0.4, -0.2) is 25.7 Å².